The molecule has 2 aromatic rings. The van der Waals surface area contributed by atoms with E-state index in [1.165, 1.54) is 12.1 Å². The average Bonchev–Trinajstić information content (AvgIpc) is 2.84. The molecule has 0 aliphatic carbocycles. The van der Waals surface area contributed by atoms with Crippen LogP contribution in [0.25, 0.3) is 0 Å². The highest BCUT2D eigenvalue weighted by Crippen LogP contribution is 2.29. The molecule has 0 N–H and O–H groups in total. The first-order chi connectivity index (χ1) is 10.9. The van der Waals surface area contributed by atoms with Gasteiger partial charge in [0.15, 0.2) is 5.69 Å². The second-order valence-electron chi connectivity index (χ2n) is 5.73. The van der Waals surface area contributed by atoms with Gasteiger partial charge >= 0.3 is 6.18 Å². The lowest BCUT2D eigenvalue weighted by Crippen LogP contribution is -2.27. The molecule has 23 heavy (non-hydrogen) atoms. The fourth-order valence-electron chi connectivity index (χ4n) is 2.82. The maximum Gasteiger partial charge on any atom is 0.416 e. The Morgan fingerprint density at radius 1 is 1.26 bits per heavy atom. The number of alkyl halides is 3. The Morgan fingerprint density at radius 2 is 1.96 bits per heavy atom. The van der Waals surface area contributed by atoms with Crippen LogP contribution >= 0.6 is 0 Å². The number of nitriles is 1. The molecule has 7 heteroatoms. The van der Waals surface area contributed by atoms with Gasteiger partial charge in [-0.2, -0.15) is 23.5 Å². The molecular formula is C16H15F3N4. The third-order valence-corrected chi connectivity index (χ3v) is 4.04. The molecule has 0 atom stereocenters. The van der Waals surface area contributed by atoms with Crippen molar-refractivity contribution >= 4 is 0 Å². The molecule has 2 heterocycles. The summed E-state index contributed by atoms with van der Waals surface area (Å²) in [5, 5.41) is 13.5. The first-order valence-corrected chi connectivity index (χ1v) is 7.22. The number of nitrogens with zero attached hydrogens (tertiary/aromatic N) is 4. The van der Waals surface area contributed by atoms with E-state index >= 15 is 0 Å². The average molecular weight is 320 g/mol. The van der Waals surface area contributed by atoms with E-state index in [9.17, 15) is 18.4 Å². The quantitative estimate of drug-likeness (QED) is 0.855. The highest BCUT2D eigenvalue weighted by Gasteiger charge is 2.30. The summed E-state index contributed by atoms with van der Waals surface area (Å²) in [7, 11) is 1.98. The van der Waals surface area contributed by atoms with E-state index in [0.717, 1.165) is 41.9 Å². The van der Waals surface area contributed by atoms with Gasteiger partial charge in [0.2, 0.25) is 0 Å². The maximum atomic E-state index is 12.6. The van der Waals surface area contributed by atoms with Crippen LogP contribution in [0.3, 0.4) is 0 Å². The SMILES string of the molecule is CN1CCc2c(c(C#N)nn2Cc2ccc(C(F)(F)F)cc2)C1. The van der Waals surface area contributed by atoms with Crippen LogP contribution < -0.4 is 0 Å². The monoisotopic (exact) mass is 320 g/mol. The van der Waals surface area contributed by atoms with Crippen LogP contribution in [-0.2, 0) is 25.7 Å². The van der Waals surface area contributed by atoms with Gasteiger partial charge < -0.3 is 4.90 Å². The van der Waals surface area contributed by atoms with Crippen LogP contribution in [0.2, 0.25) is 0 Å². The van der Waals surface area contributed by atoms with Gasteiger partial charge in [-0.05, 0) is 24.7 Å². The van der Waals surface area contributed by atoms with Gasteiger partial charge in [-0.1, -0.05) is 12.1 Å². The van der Waals surface area contributed by atoms with Crippen LogP contribution in [0.1, 0.15) is 28.1 Å². The van der Waals surface area contributed by atoms with Crippen LogP contribution in [0.5, 0.6) is 0 Å². The largest absolute Gasteiger partial charge is 0.416 e. The number of hydrogen-bond acceptors (Lipinski definition) is 3. The first-order valence-electron chi connectivity index (χ1n) is 7.22. The van der Waals surface area contributed by atoms with Crippen molar-refractivity contribution in [2.75, 3.05) is 13.6 Å². The van der Waals surface area contributed by atoms with Gasteiger partial charge in [-0.15, -0.1) is 0 Å². The Balaban J connectivity index is 1.88. The summed E-state index contributed by atoms with van der Waals surface area (Å²) in [6, 6.07) is 7.16. The van der Waals surface area contributed by atoms with E-state index in [4.69, 9.17) is 0 Å². The molecule has 120 valence electrons. The molecule has 0 saturated heterocycles. The fraction of sp³-hybridized carbons (Fsp3) is 0.375. The molecule has 0 saturated carbocycles. The standard InChI is InChI=1S/C16H15F3N4/c1-22-7-6-15-13(10-22)14(8-20)21-23(15)9-11-2-4-12(5-3-11)16(17,18)19/h2-5H,6-7,9-10H2,1H3. The summed E-state index contributed by atoms with van der Waals surface area (Å²) in [6.45, 7) is 1.91. The highest BCUT2D eigenvalue weighted by molar-refractivity contribution is 5.37. The zero-order valence-corrected chi connectivity index (χ0v) is 12.6. The van der Waals surface area contributed by atoms with E-state index < -0.39 is 11.7 Å². The molecule has 0 amide bonds. The van der Waals surface area contributed by atoms with Crippen LogP contribution in [0, 0.1) is 11.3 Å². The molecule has 0 unspecified atom stereocenters. The Kier molecular flexibility index (Phi) is 3.86. The summed E-state index contributed by atoms with van der Waals surface area (Å²) in [6.07, 6.45) is -3.55. The van der Waals surface area contributed by atoms with Crippen molar-refractivity contribution < 1.29 is 13.2 Å². The normalized spacial score (nSPS) is 15.3. The van der Waals surface area contributed by atoms with Crippen molar-refractivity contribution in [3.8, 4) is 6.07 Å². The van der Waals surface area contributed by atoms with Crippen LogP contribution in [-0.4, -0.2) is 28.3 Å². The van der Waals surface area contributed by atoms with Gasteiger partial charge in [0.05, 0.1) is 12.1 Å². The van der Waals surface area contributed by atoms with Gasteiger partial charge in [0.1, 0.15) is 6.07 Å². The van der Waals surface area contributed by atoms with Crippen molar-refractivity contribution in [3.63, 3.8) is 0 Å². The van der Waals surface area contributed by atoms with Gasteiger partial charge in [0.25, 0.3) is 0 Å². The molecule has 1 aliphatic rings. The number of aromatic nitrogens is 2. The summed E-state index contributed by atoms with van der Waals surface area (Å²) in [4.78, 5) is 2.12. The Labute approximate surface area is 131 Å². The third kappa shape index (κ3) is 3.08. The van der Waals surface area contributed by atoms with E-state index in [-0.39, 0.29) is 0 Å². The number of benzene rings is 1. The van der Waals surface area contributed by atoms with Crippen LogP contribution in [0.4, 0.5) is 13.2 Å². The van der Waals surface area contributed by atoms with Crippen LogP contribution in [0.15, 0.2) is 24.3 Å². The number of hydrogen-bond donors (Lipinski definition) is 0. The molecule has 0 spiro atoms. The van der Waals surface area contributed by atoms with Crippen molar-refractivity contribution in [1.29, 1.82) is 5.26 Å². The van der Waals surface area contributed by atoms with Crippen molar-refractivity contribution in [1.82, 2.24) is 14.7 Å². The van der Waals surface area contributed by atoms with E-state index in [1.54, 1.807) is 4.68 Å². The van der Waals surface area contributed by atoms with Crippen molar-refractivity contribution in [2.24, 2.45) is 0 Å². The second kappa shape index (κ2) is 5.70. The lowest BCUT2D eigenvalue weighted by Gasteiger charge is -2.23. The minimum absolute atomic E-state index is 0.367. The van der Waals surface area contributed by atoms with Gasteiger partial charge in [0, 0.05) is 30.8 Å². The predicted molar refractivity (Wildman–Crippen MR) is 77.5 cm³/mol. The maximum absolute atomic E-state index is 12.6. The van der Waals surface area contributed by atoms with E-state index in [0.29, 0.717) is 18.8 Å². The Hall–Kier alpha value is -2.33. The number of fused-ring (bicyclic) bond motifs is 1. The summed E-state index contributed by atoms with van der Waals surface area (Å²) < 4.78 is 39.5. The molecule has 1 aromatic carbocycles. The highest BCUT2D eigenvalue weighted by atomic mass is 19.4. The number of rotatable bonds is 2. The number of likely N-dealkylation sites (N-methyl/N-ethyl adjacent to an activating group) is 1. The topological polar surface area (TPSA) is 44.9 Å². The lowest BCUT2D eigenvalue weighted by atomic mass is 10.1. The first kappa shape index (κ1) is 15.6. The van der Waals surface area contributed by atoms with Gasteiger partial charge in [-0.25, -0.2) is 0 Å². The second-order valence-corrected chi connectivity index (χ2v) is 5.73. The zero-order chi connectivity index (χ0) is 16.6. The molecule has 1 aromatic heterocycles. The van der Waals surface area contributed by atoms with E-state index in [1.807, 2.05) is 7.05 Å². The predicted octanol–water partition coefficient (Wildman–Crippen LogP) is 2.81. The number of halogens is 3. The smallest absolute Gasteiger partial charge is 0.302 e. The molecule has 3 rings (SSSR count). The zero-order valence-electron chi connectivity index (χ0n) is 12.6. The molecule has 0 radical (unpaired) electrons. The van der Waals surface area contributed by atoms with E-state index in [2.05, 4.69) is 16.1 Å². The molecular weight excluding hydrogens is 305 g/mol. The van der Waals surface area contributed by atoms with Crippen molar-refractivity contribution in [2.45, 2.75) is 25.7 Å². The molecule has 1 aliphatic heterocycles. The Bertz CT molecular complexity index is 753. The van der Waals surface area contributed by atoms with Gasteiger partial charge in [-0.3, -0.25) is 4.68 Å². The summed E-state index contributed by atoms with van der Waals surface area (Å²) in [5.74, 6) is 0. The third-order valence-electron chi connectivity index (χ3n) is 4.04. The summed E-state index contributed by atoms with van der Waals surface area (Å²) >= 11 is 0. The lowest BCUT2D eigenvalue weighted by molar-refractivity contribution is -0.137. The molecule has 0 fully saturated rings. The van der Waals surface area contributed by atoms with Crippen molar-refractivity contribution in [3.05, 3.63) is 52.3 Å². The Morgan fingerprint density at radius 3 is 2.57 bits per heavy atom. The molecule has 4 nitrogen and oxygen atoms in total. The molecule has 0 bridgehead atoms. The fourth-order valence-corrected chi connectivity index (χ4v) is 2.82. The minimum Gasteiger partial charge on any atom is -0.302 e. The summed E-state index contributed by atoms with van der Waals surface area (Å²) in [5.41, 5.74) is 2.39. The minimum atomic E-state index is -4.33.